The number of ether oxygens (including phenoxy) is 1. The molecule has 7 nitrogen and oxygen atoms in total. The Morgan fingerprint density at radius 3 is 2.78 bits per heavy atom. The lowest BCUT2D eigenvalue weighted by Gasteiger charge is -2.01. The van der Waals surface area contributed by atoms with E-state index in [0.29, 0.717) is 0 Å². The predicted octanol–water partition coefficient (Wildman–Crippen LogP) is 2.89. The maximum absolute atomic E-state index is 11.1. The minimum absolute atomic E-state index is 0.0279. The summed E-state index contributed by atoms with van der Waals surface area (Å²) in [5.41, 5.74) is -0.247. The highest BCUT2D eigenvalue weighted by Gasteiger charge is 2.16. The lowest BCUT2D eigenvalue weighted by molar-refractivity contribution is -0.384. The molecular weight excluding hydrogens is 262 g/mol. The molecule has 0 aliphatic heterocycles. The van der Waals surface area contributed by atoms with Gasteiger partial charge in [0.05, 0.1) is 12.0 Å². The van der Waals surface area contributed by atoms with E-state index in [2.05, 4.69) is 15.0 Å². The Labute approximate surface area is 108 Å². The molecule has 0 saturated heterocycles. The van der Waals surface area contributed by atoms with E-state index in [9.17, 15) is 14.9 Å². The number of methoxy groups -OCH3 is 1. The SMILES string of the molecule is COC(=O)C(C)N=Nc1ccc(Cl)cc1[N+](=O)[O-]. The first-order chi connectivity index (χ1) is 8.45. The number of azo groups is 1. The van der Waals surface area contributed by atoms with Crippen LogP contribution < -0.4 is 0 Å². The molecule has 1 aromatic carbocycles. The summed E-state index contributed by atoms with van der Waals surface area (Å²) >= 11 is 5.65. The van der Waals surface area contributed by atoms with Crippen LogP contribution in [0.4, 0.5) is 11.4 Å². The number of hydrogen-bond donors (Lipinski definition) is 0. The molecule has 1 atom stereocenters. The molecule has 1 rings (SSSR count). The summed E-state index contributed by atoms with van der Waals surface area (Å²) in [6.45, 7) is 1.47. The van der Waals surface area contributed by atoms with Gasteiger partial charge in [0, 0.05) is 11.1 Å². The maximum atomic E-state index is 11.1. The van der Waals surface area contributed by atoms with Gasteiger partial charge in [-0.1, -0.05) is 11.6 Å². The van der Waals surface area contributed by atoms with Crippen molar-refractivity contribution in [3.63, 3.8) is 0 Å². The van der Waals surface area contributed by atoms with Crippen LogP contribution in [0, 0.1) is 10.1 Å². The molecule has 0 aliphatic carbocycles. The quantitative estimate of drug-likeness (QED) is 0.364. The molecule has 0 radical (unpaired) electrons. The number of benzene rings is 1. The highest BCUT2D eigenvalue weighted by Crippen LogP contribution is 2.30. The van der Waals surface area contributed by atoms with Crippen LogP contribution in [0.1, 0.15) is 6.92 Å². The summed E-state index contributed by atoms with van der Waals surface area (Å²) in [5.74, 6) is -0.574. The number of nitro benzene ring substituents is 1. The van der Waals surface area contributed by atoms with Crippen molar-refractivity contribution < 1.29 is 14.5 Å². The second-order valence-electron chi connectivity index (χ2n) is 3.30. The molecule has 1 unspecified atom stereocenters. The summed E-state index contributed by atoms with van der Waals surface area (Å²) < 4.78 is 4.45. The Bertz CT molecular complexity index is 504. The fourth-order valence-electron chi connectivity index (χ4n) is 1.09. The first-order valence-corrected chi connectivity index (χ1v) is 5.26. The average molecular weight is 272 g/mol. The van der Waals surface area contributed by atoms with Crippen molar-refractivity contribution in [1.29, 1.82) is 0 Å². The van der Waals surface area contributed by atoms with Gasteiger partial charge in [-0.3, -0.25) is 10.1 Å². The molecule has 0 aromatic heterocycles. The average Bonchev–Trinajstić information content (AvgIpc) is 2.35. The van der Waals surface area contributed by atoms with Crippen molar-refractivity contribution in [2.75, 3.05) is 7.11 Å². The van der Waals surface area contributed by atoms with Crippen LogP contribution in [0.5, 0.6) is 0 Å². The second-order valence-corrected chi connectivity index (χ2v) is 3.74. The number of rotatable bonds is 4. The molecule has 18 heavy (non-hydrogen) atoms. The predicted molar refractivity (Wildman–Crippen MR) is 64.1 cm³/mol. The zero-order chi connectivity index (χ0) is 13.7. The third-order valence-corrected chi connectivity index (χ3v) is 2.25. The molecule has 0 fully saturated rings. The number of hydrogen-bond acceptors (Lipinski definition) is 6. The summed E-state index contributed by atoms with van der Waals surface area (Å²) in [7, 11) is 1.22. The number of carbonyl (C=O) groups excluding carboxylic acids is 1. The minimum Gasteiger partial charge on any atom is -0.467 e. The van der Waals surface area contributed by atoms with E-state index in [1.807, 2.05) is 0 Å². The lowest BCUT2D eigenvalue weighted by atomic mass is 10.3. The molecule has 1 aromatic rings. The van der Waals surface area contributed by atoms with Crippen LogP contribution in [0.15, 0.2) is 28.4 Å². The second kappa shape index (κ2) is 6.06. The molecule has 0 amide bonds. The van der Waals surface area contributed by atoms with Crippen LogP contribution in [0.3, 0.4) is 0 Å². The van der Waals surface area contributed by atoms with Gasteiger partial charge in [-0.25, -0.2) is 4.79 Å². The van der Waals surface area contributed by atoms with Gasteiger partial charge < -0.3 is 4.74 Å². The molecule has 0 bridgehead atoms. The number of nitrogens with zero attached hydrogens (tertiary/aromatic N) is 3. The van der Waals surface area contributed by atoms with Crippen LogP contribution in [0.2, 0.25) is 5.02 Å². The normalized spacial score (nSPS) is 12.4. The third-order valence-electron chi connectivity index (χ3n) is 2.02. The van der Waals surface area contributed by atoms with E-state index < -0.39 is 16.9 Å². The summed E-state index contributed by atoms with van der Waals surface area (Å²) in [4.78, 5) is 21.2. The Morgan fingerprint density at radius 2 is 2.22 bits per heavy atom. The van der Waals surface area contributed by atoms with Gasteiger partial charge >= 0.3 is 5.97 Å². The third kappa shape index (κ3) is 3.49. The Hall–Kier alpha value is -2.02. The highest BCUT2D eigenvalue weighted by molar-refractivity contribution is 6.30. The maximum Gasteiger partial charge on any atom is 0.332 e. The summed E-state index contributed by atoms with van der Waals surface area (Å²) in [5, 5.41) is 18.3. The molecule has 0 heterocycles. The topological polar surface area (TPSA) is 94.2 Å². The van der Waals surface area contributed by atoms with Gasteiger partial charge in [0.1, 0.15) is 0 Å². The van der Waals surface area contributed by atoms with Crippen molar-refractivity contribution in [3.8, 4) is 0 Å². The van der Waals surface area contributed by atoms with Gasteiger partial charge in [0.2, 0.25) is 0 Å². The number of carbonyl (C=O) groups is 1. The fraction of sp³-hybridized carbons (Fsp3) is 0.300. The Kier molecular flexibility index (Phi) is 4.73. The van der Waals surface area contributed by atoms with Gasteiger partial charge in [0.25, 0.3) is 5.69 Å². The van der Waals surface area contributed by atoms with E-state index in [4.69, 9.17) is 11.6 Å². The van der Waals surface area contributed by atoms with Crippen LogP contribution in [0.25, 0.3) is 0 Å². The minimum atomic E-state index is -0.828. The van der Waals surface area contributed by atoms with E-state index in [1.54, 1.807) is 0 Å². The summed E-state index contributed by atoms with van der Waals surface area (Å²) in [6.07, 6.45) is 0. The van der Waals surface area contributed by atoms with Crippen molar-refractivity contribution in [2.45, 2.75) is 13.0 Å². The molecule has 0 saturated carbocycles. The smallest absolute Gasteiger partial charge is 0.332 e. The van der Waals surface area contributed by atoms with Crippen molar-refractivity contribution in [2.24, 2.45) is 10.2 Å². The van der Waals surface area contributed by atoms with E-state index in [0.717, 1.165) is 0 Å². The lowest BCUT2D eigenvalue weighted by Crippen LogP contribution is -2.15. The first-order valence-electron chi connectivity index (χ1n) is 4.88. The largest absolute Gasteiger partial charge is 0.467 e. The van der Waals surface area contributed by atoms with Crippen LogP contribution >= 0.6 is 11.6 Å². The van der Waals surface area contributed by atoms with Gasteiger partial charge in [-0.05, 0) is 19.1 Å². The van der Waals surface area contributed by atoms with Crippen molar-refractivity contribution >= 4 is 28.9 Å². The Morgan fingerprint density at radius 1 is 1.56 bits per heavy atom. The van der Waals surface area contributed by atoms with Crippen molar-refractivity contribution in [1.82, 2.24) is 0 Å². The molecule has 0 spiro atoms. The molecule has 0 N–H and O–H groups in total. The number of nitro groups is 1. The monoisotopic (exact) mass is 271 g/mol. The van der Waals surface area contributed by atoms with Gasteiger partial charge in [-0.2, -0.15) is 5.11 Å². The standard InChI is InChI=1S/C10H10ClN3O4/c1-6(10(15)18-2)12-13-8-4-3-7(11)5-9(8)14(16)17/h3-6H,1-2H3. The van der Waals surface area contributed by atoms with E-state index in [1.165, 1.54) is 32.2 Å². The molecular formula is C10H10ClN3O4. The van der Waals surface area contributed by atoms with Gasteiger partial charge in [0.15, 0.2) is 11.7 Å². The van der Waals surface area contributed by atoms with Gasteiger partial charge in [-0.15, -0.1) is 5.11 Å². The zero-order valence-electron chi connectivity index (χ0n) is 9.66. The Balaban J connectivity index is 3.00. The van der Waals surface area contributed by atoms with Crippen molar-refractivity contribution in [3.05, 3.63) is 33.3 Å². The van der Waals surface area contributed by atoms with E-state index >= 15 is 0 Å². The highest BCUT2D eigenvalue weighted by atomic mass is 35.5. The first kappa shape index (κ1) is 14.0. The van der Waals surface area contributed by atoms with Crippen LogP contribution in [-0.2, 0) is 9.53 Å². The fourth-order valence-corrected chi connectivity index (χ4v) is 1.26. The number of esters is 1. The molecule has 96 valence electrons. The number of halogens is 1. The zero-order valence-corrected chi connectivity index (χ0v) is 10.4. The van der Waals surface area contributed by atoms with E-state index in [-0.39, 0.29) is 16.4 Å². The van der Waals surface area contributed by atoms with Crippen LogP contribution in [-0.4, -0.2) is 24.0 Å². The molecule has 8 heteroatoms. The molecule has 0 aliphatic rings. The summed E-state index contributed by atoms with van der Waals surface area (Å²) in [6, 6.07) is 3.14.